The molecule has 0 radical (unpaired) electrons. The lowest BCUT2D eigenvalue weighted by atomic mass is 9.92. The largest absolute Gasteiger partial charge is 0.417 e. The topological polar surface area (TPSA) is 57.6 Å². The third kappa shape index (κ3) is 3.41. The number of nitrogens with zero attached hydrogens (tertiary/aromatic N) is 1. The summed E-state index contributed by atoms with van der Waals surface area (Å²) in [5, 5.41) is 9.47. The molecule has 0 unspecified atom stereocenters. The number of sulfonamides is 1. The molecule has 0 amide bonds. The Labute approximate surface area is 110 Å². The minimum absolute atomic E-state index is 0.00210. The van der Waals surface area contributed by atoms with Gasteiger partial charge >= 0.3 is 6.18 Å². The van der Waals surface area contributed by atoms with Gasteiger partial charge in [-0.25, -0.2) is 12.7 Å². The average Bonchev–Trinajstić information content (AvgIpc) is 3.09. The summed E-state index contributed by atoms with van der Waals surface area (Å²) in [6, 6.07) is 0. The normalized spacial score (nSPS) is 25.5. The first-order valence-electron chi connectivity index (χ1n) is 6.41. The van der Waals surface area contributed by atoms with Crippen molar-refractivity contribution in [3.8, 4) is 0 Å². The highest BCUT2D eigenvalue weighted by atomic mass is 32.2. The van der Waals surface area contributed by atoms with Crippen molar-refractivity contribution in [2.24, 2.45) is 5.92 Å². The fourth-order valence-corrected chi connectivity index (χ4v) is 3.90. The zero-order valence-corrected chi connectivity index (χ0v) is 11.3. The zero-order valence-electron chi connectivity index (χ0n) is 10.5. The van der Waals surface area contributed by atoms with E-state index in [1.807, 2.05) is 0 Å². The van der Waals surface area contributed by atoms with Crippen LogP contribution in [0.15, 0.2) is 0 Å². The molecule has 0 aromatic carbocycles. The lowest BCUT2D eigenvalue weighted by molar-refractivity contribution is -0.270. The van der Waals surface area contributed by atoms with Crippen molar-refractivity contribution >= 4 is 10.0 Å². The second-order valence-electron chi connectivity index (χ2n) is 5.48. The summed E-state index contributed by atoms with van der Waals surface area (Å²) in [7, 11) is -3.48. The van der Waals surface area contributed by atoms with Gasteiger partial charge in [0.2, 0.25) is 10.0 Å². The van der Waals surface area contributed by atoms with E-state index in [2.05, 4.69) is 0 Å². The van der Waals surface area contributed by atoms with E-state index in [4.69, 9.17) is 0 Å². The fourth-order valence-electron chi connectivity index (χ4n) is 2.27. The lowest BCUT2D eigenvalue weighted by Gasteiger charge is -2.38. The Hall–Kier alpha value is -0.340. The quantitative estimate of drug-likeness (QED) is 0.856. The first-order valence-corrected chi connectivity index (χ1v) is 8.02. The number of halogens is 3. The first-order chi connectivity index (χ1) is 8.64. The van der Waals surface area contributed by atoms with Gasteiger partial charge in [0.25, 0.3) is 0 Å². The molecule has 2 fully saturated rings. The van der Waals surface area contributed by atoms with E-state index >= 15 is 0 Å². The van der Waals surface area contributed by atoms with Crippen LogP contribution in [0.25, 0.3) is 0 Å². The van der Waals surface area contributed by atoms with Crippen LogP contribution < -0.4 is 0 Å². The molecule has 2 aliphatic rings. The van der Waals surface area contributed by atoms with Crippen molar-refractivity contribution in [1.29, 1.82) is 0 Å². The van der Waals surface area contributed by atoms with Crippen LogP contribution in [0.2, 0.25) is 0 Å². The molecule has 4 nitrogen and oxygen atoms in total. The van der Waals surface area contributed by atoms with Gasteiger partial charge in [-0.1, -0.05) is 12.8 Å². The van der Waals surface area contributed by atoms with Gasteiger partial charge < -0.3 is 5.11 Å². The Kier molecular flexibility index (Phi) is 3.88. The maximum Gasteiger partial charge on any atom is 0.417 e. The SMILES string of the molecule is O=S(=O)(CCC1CC1)N1CCC(O)(C(F)(F)F)CC1. The van der Waals surface area contributed by atoms with Gasteiger partial charge in [-0.3, -0.25) is 0 Å². The van der Waals surface area contributed by atoms with Crippen molar-refractivity contribution in [2.45, 2.75) is 43.9 Å². The Morgan fingerprint density at radius 1 is 1.21 bits per heavy atom. The van der Waals surface area contributed by atoms with Gasteiger partial charge in [-0.15, -0.1) is 0 Å². The monoisotopic (exact) mass is 301 g/mol. The van der Waals surface area contributed by atoms with Crippen LogP contribution in [0.3, 0.4) is 0 Å². The van der Waals surface area contributed by atoms with E-state index in [-0.39, 0.29) is 18.8 Å². The summed E-state index contributed by atoms with van der Waals surface area (Å²) in [6.07, 6.45) is -3.19. The summed E-state index contributed by atoms with van der Waals surface area (Å²) in [5.74, 6) is 0.467. The van der Waals surface area contributed by atoms with E-state index < -0.39 is 34.6 Å². The van der Waals surface area contributed by atoms with Crippen LogP contribution in [0.4, 0.5) is 13.2 Å². The van der Waals surface area contributed by atoms with E-state index in [0.717, 1.165) is 17.1 Å². The van der Waals surface area contributed by atoms with E-state index in [9.17, 15) is 26.7 Å². The fraction of sp³-hybridized carbons (Fsp3) is 1.00. The van der Waals surface area contributed by atoms with Crippen LogP contribution in [-0.2, 0) is 10.0 Å². The third-order valence-corrected chi connectivity index (χ3v) is 5.86. The average molecular weight is 301 g/mol. The van der Waals surface area contributed by atoms with E-state index in [1.165, 1.54) is 0 Å². The van der Waals surface area contributed by atoms with Crippen molar-refractivity contribution in [1.82, 2.24) is 4.31 Å². The molecule has 1 aliphatic heterocycles. The van der Waals surface area contributed by atoms with Crippen LogP contribution in [0.1, 0.15) is 32.1 Å². The molecule has 0 bridgehead atoms. The zero-order chi connectivity index (χ0) is 14.3. The number of aliphatic hydroxyl groups is 1. The molecular formula is C11H18F3NO3S. The third-order valence-electron chi connectivity index (χ3n) is 3.95. The van der Waals surface area contributed by atoms with E-state index in [0.29, 0.717) is 12.3 Å². The molecule has 1 heterocycles. The summed E-state index contributed by atoms with van der Waals surface area (Å²) in [5.41, 5.74) is -2.74. The molecule has 1 aliphatic carbocycles. The number of hydrogen-bond donors (Lipinski definition) is 1. The molecular weight excluding hydrogens is 283 g/mol. The van der Waals surface area contributed by atoms with Gasteiger partial charge in [0, 0.05) is 13.1 Å². The highest BCUT2D eigenvalue weighted by Crippen LogP contribution is 2.39. The molecule has 1 saturated carbocycles. The smallest absolute Gasteiger partial charge is 0.380 e. The standard InChI is InChI=1S/C11H18F3NO3S/c12-11(13,14)10(16)4-6-15(7-5-10)19(17,18)8-3-9-1-2-9/h9,16H,1-8H2. The van der Waals surface area contributed by atoms with Gasteiger partial charge in [0.15, 0.2) is 5.60 Å². The highest BCUT2D eigenvalue weighted by Gasteiger charge is 2.55. The number of piperidine rings is 1. The molecule has 19 heavy (non-hydrogen) atoms. The molecule has 1 N–H and O–H groups in total. The van der Waals surface area contributed by atoms with Crippen LogP contribution in [-0.4, -0.2) is 48.4 Å². The van der Waals surface area contributed by atoms with E-state index in [1.54, 1.807) is 0 Å². The Morgan fingerprint density at radius 2 is 1.74 bits per heavy atom. The van der Waals surface area contributed by atoms with Gasteiger partial charge in [-0.2, -0.15) is 13.2 Å². The molecule has 2 rings (SSSR count). The highest BCUT2D eigenvalue weighted by molar-refractivity contribution is 7.89. The van der Waals surface area contributed by atoms with Crippen molar-refractivity contribution in [3.63, 3.8) is 0 Å². The summed E-state index contributed by atoms with van der Waals surface area (Å²) < 4.78 is 62.7. The number of alkyl halides is 3. The Bertz CT molecular complexity index is 423. The molecule has 0 aromatic rings. The first kappa shape index (κ1) is 15.1. The second-order valence-corrected chi connectivity index (χ2v) is 7.56. The van der Waals surface area contributed by atoms with Crippen molar-refractivity contribution < 1.29 is 26.7 Å². The summed E-state index contributed by atoms with van der Waals surface area (Å²) >= 11 is 0. The minimum Gasteiger partial charge on any atom is -0.380 e. The molecule has 0 atom stereocenters. The predicted octanol–water partition coefficient (Wildman–Crippen LogP) is 1.51. The maximum absolute atomic E-state index is 12.6. The number of rotatable bonds is 4. The Morgan fingerprint density at radius 3 is 2.16 bits per heavy atom. The van der Waals surface area contributed by atoms with Crippen LogP contribution in [0.5, 0.6) is 0 Å². The molecule has 112 valence electrons. The lowest BCUT2D eigenvalue weighted by Crippen LogP contribution is -2.54. The second kappa shape index (κ2) is 4.89. The Balaban J connectivity index is 1.91. The molecule has 1 saturated heterocycles. The number of hydrogen-bond acceptors (Lipinski definition) is 3. The minimum atomic E-state index is -4.70. The molecule has 0 aromatic heterocycles. The van der Waals surface area contributed by atoms with Gasteiger partial charge in [0.05, 0.1) is 5.75 Å². The molecule has 8 heteroatoms. The maximum atomic E-state index is 12.6. The van der Waals surface area contributed by atoms with Crippen LogP contribution in [0, 0.1) is 5.92 Å². The summed E-state index contributed by atoms with van der Waals surface area (Å²) in [4.78, 5) is 0. The van der Waals surface area contributed by atoms with Gasteiger partial charge in [0.1, 0.15) is 0 Å². The van der Waals surface area contributed by atoms with Crippen LogP contribution >= 0.6 is 0 Å². The van der Waals surface area contributed by atoms with Crippen molar-refractivity contribution in [3.05, 3.63) is 0 Å². The predicted molar refractivity (Wildman–Crippen MR) is 62.9 cm³/mol. The molecule has 0 spiro atoms. The van der Waals surface area contributed by atoms with Gasteiger partial charge in [-0.05, 0) is 25.2 Å². The summed E-state index contributed by atoms with van der Waals surface area (Å²) in [6.45, 7) is -0.522. The van der Waals surface area contributed by atoms with Crippen molar-refractivity contribution in [2.75, 3.05) is 18.8 Å².